The first-order valence-corrected chi connectivity index (χ1v) is 10.1. The molecule has 1 aliphatic rings. The smallest absolute Gasteiger partial charge is 0.150 e. The van der Waals surface area contributed by atoms with Crippen LogP contribution in [0.15, 0.2) is 0 Å². The Morgan fingerprint density at radius 2 is 2.00 bits per heavy atom. The van der Waals surface area contributed by atoms with Crippen molar-refractivity contribution in [2.45, 2.75) is 72.3 Å². The molecular formula is C16H33NO2S. The van der Waals surface area contributed by atoms with Crippen LogP contribution in [0.2, 0.25) is 0 Å². The molecule has 0 amide bonds. The average Bonchev–Trinajstić information content (AvgIpc) is 2.73. The fourth-order valence-electron chi connectivity index (χ4n) is 3.54. The summed E-state index contributed by atoms with van der Waals surface area (Å²) in [7, 11) is -2.82. The van der Waals surface area contributed by atoms with E-state index in [9.17, 15) is 8.42 Å². The minimum absolute atomic E-state index is 0.273. The van der Waals surface area contributed by atoms with Crippen molar-refractivity contribution in [2.75, 3.05) is 18.1 Å². The first kappa shape index (κ1) is 18.0. The molecule has 0 spiro atoms. The first-order chi connectivity index (χ1) is 9.32. The van der Waals surface area contributed by atoms with Gasteiger partial charge in [-0.1, -0.05) is 34.1 Å². The molecule has 120 valence electrons. The first-order valence-electron chi connectivity index (χ1n) is 8.26. The number of rotatable bonds is 9. The lowest BCUT2D eigenvalue weighted by Crippen LogP contribution is -2.41. The fraction of sp³-hybridized carbons (Fsp3) is 1.00. The molecule has 4 heteroatoms. The normalized spacial score (nSPS) is 23.9. The zero-order chi connectivity index (χ0) is 15.2. The lowest BCUT2D eigenvalue weighted by atomic mass is 9.76. The third-order valence-electron chi connectivity index (χ3n) is 4.89. The van der Waals surface area contributed by atoms with Crippen LogP contribution in [0.5, 0.6) is 0 Å². The number of hydrogen-bond acceptors (Lipinski definition) is 3. The van der Waals surface area contributed by atoms with Gasteiger partial charge in [-0.25, -0.2) is 8.42 Å². The molecule has 0 aromatic rings. The number of hydrogen-bond donors (Lipinski definition) is 1. The molecule has 1 aliphatic carbocycles. The largest absolute Gasteiger partial charge is 0.314 e. The second-order valence-corrected chi connectivity index (χ2v) is 9.40. The molecule has 0 bridgehead atoms. The van der Waals surface area contributed by atoms with Crippen molar-refractivity contribution in [1.29, 1.82) is 0 Å². The van der Waals surface area contributed by atoms with Gasteiger partial charge in [-0.2, -0.15) is 0 Å². The maximum absolute atomic E-state index is 11.6. The second-order valence-electron chi connectivity index (χ2n) is 6.93. The summed E-state index contributed by atoms with van der Waals surface area (Å²) >= 11 is 0. The molecule has 0 aromatic heterocycles. The van der Waals surface area contributed by atoms with Crippen LogP contribution in [0, 0.1) is 11.3 Å². The minimum atomic E-state index is -2.82. The summed E-state index contributed by atoms with van der Waals surface area (Å²) in [5.74, 6) is 1.31. The number of sulfone groups is 1. The summed E-state index contributed by atoms with van der Waals surface area (Å²) in [6, 6.07) is 0.486. The summed E-state index contributed by atoms with van der Waals surface area (Å²) < 4.78 is 23.2. The van der Waals surface area contributed by atoms with E-state index in [1.165, 1.54) is 19.3 Å². The highest BCUT2D eigenvalue weighted by Gasteiger charge is 2.38. The Kier molecular flexibility index (Phi) is 6.99. The summed E-state index contributed by atoms with van der Waals surface area (Å²) in [4.78, 5) is 0. The van der Waals surface area contributed by atoms with E-state index < -0.39 is 9.84 Å². The van der Waals surface area contributed by atoms with Gasteiger partial charge in [0.15, 0.2) is 0 Å². The Labute approximate surface area is 125 Å². The van der Waals surface area contributed by atoms with E-state index in [-0.39, 0.29) is 5.75 Å². The molecule has 1 saturated carbocycles. The average molecular weight is 304 g/mol. The van der Waals surface area contributed by atoms with Crippen molar-refractivity contribution in [1.82, 2.24) is 5.32 Å². The molecule has 1 N–H and O–H groups in total. The van der Waals surface area contributed by atoms with Gasteiger partial charge in [-0.3, -0.25) is 0 Å². The summed E-state index contributed by atoms with van der Waals surface area (Å²) in [5.41, 5.74) is 0.398. The van der Waals surface area contributed by atoms with Gasteiger partial charge in [-0.15, -0.1) is 0 Å². The summed E-state index contributed by atoms with van der Waals surface area (Å²) in [6.07, 6.45) is 6.83. The number of nitrogens with one attached hydrogen (secondary N) is 1. The van der Waals surface area contributed by atoms with Gasteiger partial charge >= 0.3 is 0 Å². The van der Waals surface area contributed by atoms with Gasteiger partial charge < -0.3 is 5.32 Å². The lowest BCUT2D eigenvalue weighted by Gasteiger charge is -2.35. The Balaban J connectivity index is 2.56. The molecule has 3 nitrogen and oxygen atoms in total. The van der Waals surface area contributed by atoms with Crippen LogP contribution in [0.3, 0.4) is 0 Å². The van der Waals surface area contributed by atoms with Crippen LogP contribution in [-0.4, -0.2) is 32.5 Å². The highest BCUT2D eigenvalue weighted by Crippen LogP contribution is 2.45. The predicted octanol–water partition coefficient (Wildman–Crippen LogP) is 3.40. The Bertz CT molecular complexity index is 376. The zero-order valence-electron chi connectivity index (χ0n) is 13.7. The molecule has 20 heavy (non-hydrogen) atoms. The van der Waals surface area contributed by atoms with E-state index in [4.69, 9.17) is 0 Å². The molecule has 0 aromatic carbocycles. The highest BCUT2D eigenvalue weighted by atomic mass is 32.2. The Morgan fingerprint density at radius 1 is 1.30 bits per heavy atom. The van der Waals surface area contributed by atoms with Gasteiger partial charge in [0.2, 0.25) is 0 Å². The predicted molar refractivity (Wildman–Crippen MR) is 86.8 cm³/mol. The SMILES string of the molecule is CCCNC(CCCS(=O)(=O)CC)C1CCCC1(C)C. The maximum Gasteiger partial charge on any atom is 0.150 e. The molecule has 1 fully saturated rings. The van der Waals surface area contributed by atoms with Gasteiger partial charge in [0.05, 0.1) is 5.75 Å². The van der Waals surface area contributed by atoms with Gasteiger partial charge in [0.25, 0.3) is 0 Å². The monoisotopic (exact) mass is 303 g/mol. The van der Waals surface area contributed by atoms with Crippen molar-refractivity contribution in [2.24, 2.45) is 11.3 Å². The van der Waals surface area contributed by atoms with E-state index in [1.54, 1.807) is 6.92 Å². The van der Waals surface area contributed by atoms with Crippen LogP contribution in [0.25, 0.3) is 0 Å². The second kappa shape index (κ2) is 7.79. The van der Waals surface area contributed by atoms with Gasteiger partial charge in [0, 0.05) is 11.8 Å². The van der Waals surface area contributed by atoms with E-state index in [0.717, 1.165) is 25.8 Å². The minimum Gasteiger partial charge on any atom is -0.314 e. The Morgan fingerprint density at radius 3 is 2.50 bits per heavy atom. The maximum atomic E-state index is 11.6. The molecular weight excluding hydrogens is 270 g/mol. The topological polar surface area (TPSA) is 46.2 Å². The van der Waals surface area contributed by atoms with Gasteiger partial charge in [0.1, 0.15) is 9.84 Å². The summed E-state index contributed by atoms with van der Waals surface area (Å²) in [6.45, 7) is 9.70. The molecule has 0 aliphatic heterocycles. The molecule has 2 atom stereocenters. The van der Waals surface area contributed by atoms with E-state index in [2.05, 4.69) is 26.1 Å². The third-order valence-corrected chi connectivity index (χ3v) is 6.68. The van der Waals surface area contributed by atoms with Crippen LogP contribution < -0.4 is 5.32 Å². The molecule has 0 saturated heterocycles. The standard InChI is InChI=1S/C16H33NO2S/c1-5-12-17-15(10-8-13-20(18,19)6-2)14-9-7-11-16(14,3)4/h14-15,17H,5-13H2,1-4H3. The highest BCUT2D eigenvalue weighted by molar-refractivity contribution is 7.91. The van der Waals surface area contributed by atoms with E-state index in [1.807, 2.05) is 0 Å². The lowest BCUT2D eigenvalue weighted by molar-refractivity contribution is 0.189. The van der Waals surface area contributed by atoms with Gasteiger partial charge in [-0.05, 0) is 50.0 Å². The molecule has 1 rings (SSSR count). The van der Waals surface area contributed by atoms with Crippen molar-refractivity contribution in [3.63, 3.8) is 0 Å². The molecule has 0 radical (unpaired) electrons. The molecule has 0 heterocycles. The van der Waals surface area contributed by atoms with Crippen LogP contribution >= 0.6 is 0 Å². The van der Waals surface area contributed by atoms with Crippen LogP contribution in [0.4, 0.5) is 0 Å². The van der Waals surface area contributed by atoms with Crippen molar-refractivity contribution >= 4 is 9.84 Å². The zero-order valence-corrected chi connectivity index (χ0v) is 14.6. The van der Waals surface area contributed by atoms with Crippen molar-refractivity contribution in [3.05, 3.63) is 0 Å². The van der Waals surface area contributed by atoms with E-state index >= 15 is 0 Å². The van der Waals surface area contributed by atoms with Crippen LogP contribution in [0.1, 0.15) is 66.2 Å². The summed E-state index contributed by atoms with van der Waals surface area (Å²) in [5, 5.41) is 3.68. The molecule has 2 unspecified atom stereocenters. The third kappa shape index (κ3) is 5.36. The van der Waals surface area contributed by atoms with E-state index in [0.29, 0.717) is 23.1 Å². The van der Waals surface area contributed by atoms with Crippen molar-refractivity contribution in [3.8, 4) is 0 Å². The Hall–Kier alpha value is -0.0900. The van der Waals surface area contributed by atoms with Crippen LogP contribution in [-0.2, 0) is 9.84 Å². The quantitative estimate of drug-likeness (QED) is 0.710. The van der Waals surface area contributed by atoms with Crippen molar-refractivity contribution < 1.29 is 8.42 Å². The fourth-order valence-corrected chi connectivity index (χ4v) is 4.44.